The number of aliphatic hydroxyl groups excluding tert-OH is 1. The smallest absolute Gasteiger partial charge is 0.313 e. The summed E-state index contributed by atoms with van der Waals surface area (Å²) in [6, 6.07) is 11.0. The van der Waals surface area contributed by atoms with Gasteiger partial charge in [-0.15, -0.1) is 0 Å². The maximum absolute atomic E-state index is 12.2. The molecule has 31 heavy (non-hydrogen) atoms. The van der Waals surface area contributed by atoms with Crippen LogP contribution in [0.25, 0.3) is 0 Å². The second kappa shape index (κ2) is 10.8. The van der Waals surface area contributed by atoms with Gasteiger partial charge >= 0.3 is 5.97 Å². The number of carbonyl (C=O) groups is 1. The van der Waals surface area contributed by atoms with Crippen molar-refractivity contribution in [3.63, 3.8) is 0 Å². The van der Waals surface area contributed by atoms with Crippen molar-refractivity contribution >= 4 is 23.3 Å². The summed E-state index contributed by atoms with van der Waals surface area (Å²) in [5.41, 5.74) is 2.05. The van der Waals surface area contributed by atoms with Crippen LogP contribution in [0.1, 0.15) is 51.8 Å². The van der Waals surface area contributed by atoms with Crippen LogP contribution in [-0.2, 0) is 11.3 Å². The average molecular weight is 449 g/mol. The summed E-state index contributed by atoms with van der Waals surface area (Å²) in [5.74, 6) is 0.354. The lowest BCUT2D eigenvalue weighted by molar-refractivity contribution is -0.137. The monoisotopic (exact) mass is 448 g/mol. The van der Waals surface area contributed by atoms with Gasteiger partial charge in [0.1, 0.15) is 5.75 Å². The minimum absolute atomic E-state index is 0.132. The molecule has 6 nitrogen and oxygen atoms in total. The zero-order valence-corrected chi connectivity index (χ0v) is 19.8. The van der Waals surface area contributed by atoms with Crippen molar-refractivity contribution in [2.24, 2.45) is 5.92 Å². The first kappa shape index (κ1) is 25.0. The van der Waals surface area contributed by atoms with Crippen molar-refractivity contribution in [3.8, 4) is 11.5 Å². The molecule has 0 spiro atoms. The highest BCUT2D eigenvalue weighted by molar-refractivity contribution is 6.32. The number of carbonyl (C=O) groups excluding carboxylic acids is 1. The number of hydrogen-bond acceptors (Lipinski definition) is 6. The van der Waals surface area contributed by atoms with Crippen molar-refractivity contribution in [2.75, 3.05) is 19.0 Å². The first-order chi connectivity index (χ1) is 14.5. The third kappa shape index (κ3) is 7.73. The van der Waals surface area contributed by atoms with Crippen molar-refractivity contribution in [3.05, 3.63) is 52.5 Å². The maximum Gasteiger partial charge on any atom is 0.313 e. The van der Waals surface area contributed by atoms with Gasteiger partial charge in [0.25, 0.3) is 0 Å². The molecule has 0 saturated carbocycles. The van der Waals surface area contributed by atoms with Crippen LogP contribution in [-0.4, -0.2) is 30.3 Å². The molecule has 0 aromatic heterocycles. The summed E-state index contributed by atoms with van der Waals surface area (Å²) in [7, 11) is 1.62. The molecule has 3 N–H and O–H groups in total. The van der Waals surface area contributed by atoms with Crippen molar-refractivity contribution < 1.29 is 19.4 Å². The van der Waals surface area contributed by atoms with Gasteiger partial charge in [0.2, 0.25) is 0 Å². The minimum Gasteiger partial charge on any atom is -0.497 e. The normalized spacial score (nSPS) is 12.5. The Morgan fingerprint density at radius 3 is 2.35 bits per heavy atom. The maximum atomic E-state index is 12.2. The molecule has 0 aliphatic carbocycles. The lowest BCUT2D eigenvalue weighted by Gasteiger charge is -2.24. The fourth-order valence-corrected chi connectivity index (χ4v) is 2.99. The zero-order valence-electron chi connectivity index (χ0n) is 19.1. The first-order valence-electron chi connectivity index (χ1n) is 10.3. The number of rotatable bonds is 9. The van der Waals surface area contributed by atoms with E-state index in [9.17, 15) is 9.90 Å². The summed E-state index contributed by atoms with van der Waals surface area (Å²) in [6.45, 7) is 10.5. The lowest BCUT2D eigenvalue weighted by Crippen LogP contribution is -2.38. The van der Waals surface area contributed by atoms with E-state index >= 15 is 0 Å². The van der Waals surface area contributed by atoms with Gasteiger partial charge in [0.15, 0.2) is 5.75 Å². The van der Waals surface area contributed by atoms with E-state index in [0.29, 0.717) is 24.3 Å². The van der Waals surface area contributed by atoms with Crippen LogP contribution in [0, 0.1) is 5.92 Å². The Morgan fingerprint density at radius 2 is 1.81 bits per heavy atom. The van der Waals surface area contributed by atoms with E-state index in [0.717, 1.165) is 11.3 Å². The predicted octanol–water partition coefficient (Wildman–Crippen LogP) is 4.94. The van der Waals surface area contributed by atoms with E-state index in [1.807, 2.05) is 45.0 Å². The number of aliphatic hydroxyl groups is 1. The molecular weight excluding hydrogens is 416 g/mol. The van der Waals surface area contributed by atoms with Gasteiger partial charge in [0, 0.05) is 18.6 Å². The molecule has 170 valence electrons. The van der Waals surface area contributed by atoms with Crippen LogP contribution in [0.15, 0.2) is 36.4 Å². The summed E-state index contributed by atoms with van der Waals surface area (Å²) < 4.78 is 10.8. The van der Waals surface area contributed by atoms with Crippen molar-refractivity contribution in [2.45, 2.75) is 52.8 Å². The molecule has 0 fully saturated rings. The Labute approximate surface area is 189 Å². The molecule has 1 unspecified atom stereocenters. The fraction of sp³-hybridized carbons (Fsp3) is 0.458. The molecule has 0 aliphatic rings. The van der Waals surface area contributed by atoms with Crippen LogP contribution in [0.3, 0.4) is 0 Å². The SMILES string of the molecule is COc1ccc(CNc2cc(C(O)CNC(C)(C)C)cc(Cl)c2OC(=O)C(C)C)cc1. The predicted molar refractivity (Wildman–Crippen MR) is 125 cm³/mol. The topological polar surface area (TPSA) is 79.8 Å². The zero-order chi connectivity index (χ0) is 23.2. The Balaban J connectivity index is 2.30. The van der Waals surface area contributed by atoms with E-state index < -0.39 is 6.10 Å². The number of nitrogens with one attached hydrogen (secondary N) is 2. The van der Waals surface area contributed by atoms with Crippen LogP contribution >= 0.6 is 11.6 Å². The van der Waals surface area contributed by atoms with E-state index in [-0.39, 0.29) is 28.2 Å². The molecule has 0 radical (unpaired) electrons. The Kier molecular flexibility index (Phi) is 8.74. The second-order valence-corrected chi connectivity index (χ2v) is 9.21. The molecule has 2 aromatic rings. The van der Waals surface area contributed by atoms with Crippen molar-refractivity contribution in [1.82, 2.24) is 5.32 Å². The number of β-amino-alcohol motifs (C(OH)–C–C–N with tert-alkyl or cyclic N) is 1. The molecule has 2 aromatic carbocycles. The third-order valence-electron chi connectivity index (χ3n) is 4.59. The standard InChI is InChI=1S/C24H33ClN2O4/c1-15(2)23(29)31-22-19(25)11-17(21(28)14-27-24(3,4)5)12-20(22)26-13-16-7-9-18(30-6)10-8-16/h7-12,15,21,26-28H,13-14H2,1-6H3. The Morgan fingerprint density at radius 1 is 1.16 bits per heavy atom. The molecule has 7 heteroatoms. The number of halogens is 1. The molecule has 2 rings (SSSR count). The summed E-state index contributed by atoms with van der Waals surface area (Å²) in [4.78, 5) is 12.2. The number of benzene rings is 2. The van der Waals surface area contributed by atoms with E-state index in [2.05, 4.69) is 10.6 Å². The molecule has 1 atom stereocenters. The molecular formula is C24H33ClN2O4. The summed E-state index contributed by atoms with van der Waals surface area (Å²) >= 11 is 6.47. The van der Waals surface area contributed by atoms with Crippen LogP contribution in [0.5, 0.6) is 11.5 Å². The van der Waals surface area contributed by atoms with Gasteiger partial charge in [-0.25, -0.2) is 0 Å². The molecule has 0 bridgehead atoms. The molecule has 0 amide bonds. The third-order valence-corrected chi connectivity index (χ3v) is 4.87. The number of anilines is 1. The number of ether oxygens (including phenoxy) is 2. The van der Waals surface area contributed by atoms with E-state index in [1.54, 1.807) is 33.1 Å². The highest BCUT2D eigenvalue weighted by Gasteiger charge is 2.20. The quantitative estimate of drug-likeness (QED) is 0.372. The number of esters is 1. The van der Waals surface area contributed by atoms with Gasteiger partial charge in [-0.2, -0.15) is 0 Å². The summed E-state index contributed by atoms with van der Waals surface area (Å²) in [5, 5.41) is 17.5. The summed E-state index contributed by atoms with van der Waals surface area (Å²) in [6.07, 6.45) is -0.770. The molecule has 0 saturated heterocycles. The fourth-order valence-electron chi connectivity index (χ4n) is 2.72. The highest BCUT2D eigenvalue weighted by atomic mass is 35.5. The van der Waals surface area contributed by atoms with Crippen LogP contribution < -0.4 is 20.1 Å². The number of methoxy groups -OCH3 is 1. The van der Waals surface area contributed by atoms with Crippen LogP contribution in [0.2, 0.25) is 5.02 Å². The largest absolute Gasteiger partial charge is 0.497 e. The van der Waals surface area contributed by atoms with Gasteiger partial charge in [-0.3, -0.25) is 4.79 Å². The van der Waals surface area contributed by atoms with E-state index in [4.69, 9.17) is 21.1 Å². The average Bonchev–Trinajstić information content (AvgIpc) is 2.71. The Hall–Kier alpha value is -2.28. The Bertz CT molecular complexity index is 876. The lowest BCUT2D eigenvalue weighted by atomic mass is 10.0. The highest BCUT2D eigenvalue weighted by Crippen LogP contribution is 2.37. The second-order valence-electron chi connectivity index (χ2n) is 8.80. The van der Waals surface area contributed by atoms with E-state index in [1.165, 1.54) is 0 Å². The minimum atomic E-state index is -0.770. The van der Waals surface area contributed by atoms with Gasteiger partial charge in [0.05, 0.1) is 29.8 Å². The number of hydrogen-bond donors (Lipinski definition) is 3. The van der Waals surface area contributed by atoms with Gasteiger partial charge < -0.3 is 25.2 Å². The molecule has 0 heterocycles. The first-order valence-corrected chi connectivity index (χ1v) is 10.7. The van der Waals surface area contributed by atoms with Crippen molar-refractivity contribution in [1.29, 1.82) is 0 Å². The van der Waals surface area contributed by atoms with Gasteiger partial charge in [-0.1, -0.05) is 37.6 Å². The molecule has 0 aliphatic heterocycles. The van der Waals surface area contributed by atoms with Gasteiger partial charge in [-0.05, 0) is 56.2 Å². The van der Waals surface area contributed by atoms with Crippen LogP contribution in [0.4, 0.5) is 5.69 Å².